The predicted octanol–water partition coefficient (Wildman–Crippen LogP) is 3.33. The molecule has 8 heteroatoms. The van der Waals surface area contributed by atoms with E-state index in [2.05, 4.69) is 36.3 Å². The second kappa shape index (κ2) is 6.25. The number of hydrogen-bond donors (Lipinski definition) is 1. The Labute approximate surface area is 139 Å². The molecular formula is C14H9BrClN5O. The van der Waals surface area contributed by atoms with Crippen molar-refractivity contribution in [2.75, 3.05) is 5.32 Å². The Morgan fingerprint density at radius 1 is 1.27 bits per heavy atom. The summed E-state index contributed by atoms with van der Waals surface area (Å²) in [6, 6.07) is 6.89. The summed E-state index contributed by atoms with van der Waals surface area (Å²) in [6.45, 7) is 0. The summed E-state index contributed by atoms with van der Waals surface area (Å²) in [5.41, 5.74) is 0.663. The van der Waals surface area contributed by atoms with Gasteiger partial charge in [0.05, 0.1) is 21.4 Å². The number of halogens is 2. The van der Waals surface area contributed by atoms with E-state index in [-0.39, 0.29) is 11.6 Å². The highest BCUT2D eigenvalue weighted by atomic mass is 79.9. The molecule has 0 saturated carbocycles. The van der Waals surface area contributed by atoms with Crippen LogP contribution in [0.2, 0.25) is 5.02 Å². The highest BCUT2D eigenvalue weighted by Gasteiger charge is 2.12. The van der Waals surface area contributed by atoms with Crippen molar-refractivity contribution in [1.29, 1.82) is 0 Å². The molecule has 3 heterocycles. The lowest BCUT2D eigenvalue weighted by Gasteiger charge is -2.08. The van der Waals surface area contributed by atoms with Crippen LogP contribution < -0.4 is 5.32 Å². The van der Waals surface area contributed by atoms with Crippen LogP contribution in [0.3, 0.4) is 0 Å². The topological polar surface area (TPSA) is 72.7 Å². The molecule has 0 radical (unpaired) electrons. The minimum absolute atomic E-state index is 0.254. The van der Waals surface area contributed by atoms with E-state index in [1.807, 2.05) is 0 Å². The molecule has 1 N–H and O–H groups in total. The summed E-state index contributed by atoms with van der Waals surface area (Å²) < 4.78 is 2.18. The van der Waals surface area contributed by atoms with Crippen molar-refractivity contribution >= 4 is 39.1 Å². The molecule has 0 bridgehead atoms. The normalized spacial score (nSPS) is 10.5. The van der Waals surface area contributed by atoms with Crippen LogP contribution in [0.25, 0.3) is 5.82 Å². The standard InChI is InChI=1S/C14H9BrClN5O/c15-9-7-17-8-11(13(9)16)20-14(22)10-3-1-4-12(19-10)21-6-2-5-18-21/h1-8H,(H,20,22). The zero-order chi connectivity index (χ0) is 15.5. The first-order valence-electron chi connectivity index (χ1n) is 6.22. The largest absolute Gasteiger partial charge is 0.318 e. The Hall–Kier alpha value is -2.25. The highest BCUT2D eigenvalue weighted by molar-refractivity contribution is 9.10. The molecule has 0 atom stereocenters. The average molecular weight is 379 g/mol. The monoisotopic (exact) mass is 377 g/mol. The molecule has 0 aliphatic heterocycles. The Balaban J connectivity index is 1.87. The number of carbonyl (C=O) groups is 1. The Bertz CT molecular complexity index is 822. The first kappa shape index (κ1) is 14.7. The van der Waals surface area contributed by atoms with Gasteiger partial charge in [0.1, 0.15) is 5.69 Å². The maximum absolute atomic E-state index is 12.3. The Morgan fingerprint density at radius 2 is 2.14 bits per heavy atom. The molecule has 1 amide bonds. The molecule has 0 spiro atoms. The second-order valence-electron chi connectivity index (χ2n) is 4.27. The summed E-state index contributed by atoms with van der Waals surface area (Å²) in [4.78, 5) is 20.5. The maximum atomic E-state index is 12.3. The summed E-state index contributed by atoms with van der Waals surface area (Å²) in [6.07, 6.45) is 6.41. The minimum Gasteiger partial charge on any atom is -0.318 e. The minimum atomic E-state index is -0.379. The highest BCUT2D eigenvalue weighted by Crippen LogP contribution is 2.28. The van der Waals surface area contributed by atoms with Crippen LogP contribution in [0.1, 0.15) is 10.5 Å². The van der Waals surface area contributed by atoms with E-state index in [1.54, 1.807) is 47.5 Å². The summed E-state index contributed by atoms with van der Waals surface area (Å²) in [7, 11) is 0. The van der Waals surface area contributed by atoms with E-state index in [4.69, 9.17) is 11.6 Å². The lowest BCUT2D eigenvalue weighted by Crippen LogP contribution is -2.15. The molecule has 22 heavy (non-hydrogen) atoms. The van der Waals surface area contributed by atoms with Gasteiger partial charge < -0.3 is 5.32 Å². The number of carbonyl (C=O) groups excluding carboxylic acids is 1. The van der Waals surface area contributed by atoms with Crippen LogP contribution in [0, 0.1) is 0 Å². The maximum Gasteiger partial charge on any atom is 0.274 e. The van der Waals surface area contributed by atoms with Gasteiger partial charge in [-0.3, -0.25) is 9.78 Å². The van der Waals surface area contributed by atoms with Crippen molar-refractivity contribution in [3.63, 3.8) is 0 Å². The van der Waals surface area contributed by atoms with E-state index in [0.29, 0.717) is 21.0 Å². The number of anilines is 1. The van der Waals surface area contributed by atoms with Crippen LogP contribution in [0.4, 0.5) is 5.69 Å². The van der Waals surface area contributed by atoms with Gasteiger partial charge in [0.15, 0.2) is 5.82 Å². The summed E-state index contributed by atoms with van der Waals surface area (Å²) in [5.74, 6) is 0.173. The number of amides is 1. The number of rotatable bonds is 3. The molecule has 3 rings (SSSR count). The lowest BCUT2D eigenvalue weighted by atomic mass is 10.3. The van der Waals surface area contributed by atoms with Crippen LogP contribution >= 0.6 is 27.5 Å². The smallest absolute Gasteiger partial charge is 0.274 e. The average Bonchev–Trinajstić information content (AvgIpc) is 3.06. The molecule has 0 aromatic carbocycles. The van der Waals surface area contributed by atoms with E-state index >= 15 is 0 Å². The van der Waals surface area contributed by atoms with Crippen LogP contribution in [0.5, 0.6) is 0 Å². The van der Waals surface area contributed by atoms with Gasteiger partial charge in [-0.1, -0.05) is 17.7 Å². The third kappa shape index (κ3) is 3.00. The quantitative estimate of drug-likeness (QED) is 0.759. The molecule has 0 saturated heterocycles. The lowest BCUT2D eigenvalue weighted by molar-refractivity contribution is 0.102. The molecule has 0 fully saturated rings. The van der Waals surface area contributed by atoms with Gasteiger partial charge in [-0.25, -0.2) is 9.67 Å². The van der Waals surface area contributed by atoms with Crippen molar-refractivity contribution in [2.24, 2.45) is 0 Å². The van der Waals surface area contributed by atoms with Gasteiger partial charge in [0.2, 0.25) is 0 Å². The molecule has 0 unspecified atom stereocenters. The number of nitrogens with zero attached hydrogens (tertiary/aromatic N) is 4. The zero-order valence-corrected chi connectivity index (χ0v) is 13.4. The van der Waals surface area contributed by atoms with Gasteiger partial charge in [0.25, 0.3) is 5.91 Å². The first-order valence-corrected chi connectivity index (χ1v) is 7.39. The Morgan fingerprint density at radius 3 is 2.91 bits per heavy atom. The van der Waals surface area contributed by atoms with Gasteiger partial charge in [-0.05, 0) is 34.1 Å². The fourth-order valence-electron chi connectivity index (χ4n) is 1.77. The summed E-state index contributed by atoms with van der Waals surface area (Å²) in [5, 5.41) is 7.15. The van der Waals surface area contributed by atoms with E-state index in [9.17, 15) is 4.79 Å². The molecule has 0 aliphatic carbocycles. The zero-order valence-electron chi connectivity index (χ0n) is 11.1. The fraction of sp³-hybridized carbons (Fsp3) is 0. The van der Waals surface area contributed by atoms with Crippen molar-refractivity contribution in [1.82, 2.24) is 19.7 Å². The van der Waals surface area contributed by atoms with E-state index in [1.165, 1.54) is 6.20 Å². The number of nitrogens with one attached hydrogen (secondary N) is 1. The molecule has 0 aliphatic rings. The fourth-order valence-corrected chi connectivity index (χ4v) is 2.25. The third-order valence-corrected chi connectivity index (χ3v) is 4.03. The van der Waals surface area contributed by atoms with Crippen molar-refractivity contribution < 1.29 is 4.79 Å². The van der Waals surface area contributed by atoms with E-state index in [0.717, 1.165) is 0 Å². The van der Waals surface area contributed by atoms with Crippen molar-refractivity contribution in [3.05, 3.63) is 64.2 Å². The van der Waals surface area contributed by atoms with Crippen LogP contribution in [-0.2, 0) is 0 Å². The molecule has 3 aromatic rings. The number of pyridine rings is 2. The first-order chi connectivity index (χ1) is 10.6. The second-order valence-corrected chi connectivity index (χ2v) is 5.50. The van der Waals surface area contributed by atoms with Crippen molar-refractivity contribution in [3.8, 4) is 5.82 Å². The van der Waals surface area contributed by atoms with Crippen molar-refractivity contribution in [2.45, 2.75) is 0 Å². The number of hydrogen-bond acceptors (Lipinski definition) is 4. The Kier molecular flexibility index (Phi) is 4.17. The third-order valence-electron chi connectivity index (χ3n) is 2.79. The molecule has 6 nitrogen and oxygen atoms in total. The predicted molar refractivity (Wildman–Crippen MR) is 86.3 cm³/mol. The van der Waals surface area contributed by atoms with Crippen LogP contribution in [-0.4, -0.2) is 25.7 Å². The van der Waals surface area contributed by atoms with Gasteiger partial charge >= 0.3 is 0 Å². The SMILES string of the molecule is O=C(Nc1cncc(Br)c1Cl)c1cccc(-n2cccn2)n1. The van der Waals surface area contributed by atoms with Gasteiger partial charge in [-0.2, -0.15) is 5.10 Å². The van der Waals surface area contributed by atoms with Gasteiger partial charge in [0, 0.05) is 18.6 Å². The van der Waals surface area contributed by atoms with Gasteiger partial charge in [-0.15, -0.1) is 0 Å². The number of aromatic nitrogens is 4. The molecule has 3 aromatic heterocycles. The summed E-state index contributed by atoms with van der Waals surface area (Å²) >= 11 is 9.36. The molecule has 110 valence electrons. The molecular weight excluding hydrogens is 370 g/mol. The van der Waals surface area contributed by atoms with Crippen LogP contribution in [0.15, 0.2) is 53.5 Å². The van der Waals surface area contributed by atoms with E-state index < -0.39 is 0 Å².